The number of rotatable bonds is 9. The maximum atomic E-state index is 15.0. The van der Waals surface area contributed by atoms with E-state index in [0.29, 0.717) is 6.07 Å². The van der Waals surface area contributed by atoms with Crippen molar-refractivity contribution in [2.24, 2.45) is 0 Å². The van der Waals surface area contributed by atoms with E-state index in [4.69, 9.17) is 11.6 Å². The maximum absolute atomic E-state index is 15.0. The molecule has 0 heterocycles. The van der Waals surface area contributed by atoms with Crippen molar-refractivity contribution in [1.29, 1.82) is 0 Å². The van der Waals surface area contributed by atoms with Crippen LogP contribution >= 0.6 is 11.6 Å². The van der Waals surface area contributed by atoms with Crippen LogP contribution in [0.3, 0.4) is 0 Å². The zero-order valence-electron chi connectivity index (χ0n) is 21.5. The van der Waals surface area contributed by atoms with Gasteiger partial charge in [0.1, 0.15) is 29.4 Å². The average Bonchev–Trinajstić information content (AvgIpc) is 2.85. The fraction of sp³-hybridized carbons (Fsp3) is 0.360. The van der Waals surface area contributed by atoms with Gasteiger partial charge in [-0.3, -0.25) is 4.79 Å². The van der Waals surface area contributed by atoms with Crippen molar-refractivity contribution < 1.29 is 71.1 Å². The number of halogens is 15. The highest BCUT2D eigenvalue weighted by Gasteiger charge is 2.43. The number of aldehydes is 1. The third-order valence-corrected chi connectivity index (χ3v) is 6.09. The van der Waals surface area contributed by atoms with E-state index in [0.717, 1.165) is 6.92 Å². The Morgan fingerprint density at radius 2 is 1.45 bits per heavy atom. The van der Waals surface area contributed by atoms with Gasteiger partial charge in [0.2, 0.25) is 0 Å². The van der Waals surface area contributed by atoms with Crippen LogP contribution in [0.15, 0.2) is 36.4 Å². The molecule has 2 rings (SSSR count). The molecule has 0 spiro atoms. The predicted molar refractivity (Wildman–Crippen MR) is 127 cm³/mol. The molecule has 0 saturated carbocycles. The van der Waals surface area contributed by atoms with E-state index in [1.54, 1.807) is 10.6 Å². The Labute approximate surface area is 243 Å². The van der Waals surface area contributed by atoms with Crippen LogP contribution < -0.4 is 10.6 Å². The number of benzene rings is 2. The summed E-state index contributed by atoms with van der Waals surface area (Å²) in [6.07, 6.45) is -21.8. The Kier molecular flexibility index (Phi) is 10.8. The highest BCUT2D eigenvalue weighted by molar-refractivity contribution is 6.31. The number of amides is 1. The zero-order chi connectivity index (χ0) is 34.1. The van der Waals surface area contributed by atoms with Gasteiger partial charge in [-0.1, -0.05) is 17.7 Å². The standard InChI is InChI=1S/C25H17ClF14N2O2/c1-21(10-43,8-41-9-22(29,30)31)42-20(44)13-3-2-11(4-15(13)24(35,36)37)17(27)7-14(23(32,33)34)12-5-16(25(38,39)40)19(26)18(28)6-12/h2-7,10,14,41H,8-9H2,1H3,(H,42,44)/b17-7-/t14?,21-/m0/s1. The fourth-order valence-corrected chi connectivity index (χ4v) is 3.87. The molecule has 1 amide bonds. The van der Waals surface area contributed by atoms with Gasteiger partial charge in [0.15, 0.2) is 0 Å². The largest absolute Gasteiger partial charge is 0.417 e. The first kappa shape index (κ1) is 36.8. The van der Waals surface area contributed by atoms with E-state index in [1.165, 1.54) is 0 Å². The number of carbonyl (C=O) groups excluding carboxylic acids is 2. The van der Waals surface area contributed by atoms with Crippen LogP contribution in [-0.2, 0) is 17.1 Å². The third kappa shape index (κ3) is 9.54. The van der Waals surface area contributed by atoms with Crippen LogP contribution in [0, 0.1) is 5.82 Å². The lowest BCUT2D eigenvalue weighted by molar-refractivity contribution is -0.142. The number of hydrogen-bond acceptors (Lipinski definition) is 3. The van der Waals surface area contributed by atoms with E-state index in [-0.39, 0.29) is 30.6 Å². The molecule has 0 radical (unpaired) electrons. The summed E-state index contributed by atoms with van der Waals surface area (Å²) in [4.78, 5) is 24.0. The fourth-order valence-electron chi connectivity index (χ4n) is 3.65. The molecule has 244 valence electrons. The predicted octanol–water partition coefficient (Wildman–Crippen LogP) is 8.01. The van der Waals surface area contributed by atoms with Crippen LogP contribution in [0.4, 0.5) is 61.5 Å². The minimum atomic E-state index is -5.60. The Morgan fingerprint density at radius 1 is 0.886 bits per heavy atom. The first-order valence-electron chi connectivity index (χ1n) is 11.6. The lowest BCUT2D eigenvalue weighted by atomic mass is 9.93. The summed E-state index contributed by atoms with van der Waals surface area (Å²) in [6.45, 7) is -1.69. The molecule has 0 aliphatic rings. The SMILES string of the molecule is C[C@@](C=O)(CNCC(F)(F)F)NC(=O)c1ccc(/C(F)=C/C(c2cc(F)c(Cl)c(C(F)(F)F)c2)C(F)(F)F)cc1C(F)(F)F. The molecule has 2 atom stereocenters. The molecule has 4 nitrogen and oxygen atoms in total. The van der Waals surface area contributed by atoms with Crippen molar-refractivity contribution in [2.75, 3.05) is 13.1 Å². The minimum absolute atomic E-state index is 0.0678. The lowest BCUT2D eigenvalue weighted by Crippen LogP contribution is -2.55. The first-order chi connectivity index (χ1) is 19.8. The molecule has 0 fully saturated rings. The number of hydrogen-bond donors (Lipinski definition) is 2. The summed E-state index contributed by atoms with van der Waals surface area (Å²) in [5, 5.41) is 1.96. The molecule has 44 heavy (non-hydrogen) atoms. The molecular weight excluding hydrogens is 662 g/mol. The normalized spacial score (nSPS) is 15.5. The summed E-state index contributed by atoms with van der Waals surface area (Å²) >= 11 is 5.19. The van der Waals surface area contributed by atoms with Crippen molar-refractivity contribution >= 4 is 29.6 Å². The topological polar surface area (TPSA) is 58.2 Å². The van der Waals surface area contributed by atoms with Crippen LogP contribution in [-0.4, -0.2) is 43.2 Å². The van der Waals surface area contributed by atoms with Crippen LogP contribution in [0.5, 0.6) is 0 Å². The van der Waals surface area contributed by atoms with E-state index in [9.17, 15) is 71.1 Å². The molecule has 19 heteroatoms. The number of carbonyl (C=O) groups is 2. The van der Waals surface area contributed by atoms with Gasteiger partial charge in [-0.15, -0.1) is 0 Å². The summed E-state index contributed by atoms with van der Waals surface area (Å²) < 4.78 is 188. The summed E-state index contributed by atoms with van der Waals surface area (Å²) in [6, 6.07) is 0.254. The molecule has 1 unspecified atom stereocenters. The van der Waals surface area contributed by atoms with Gasteiger partial charge in [-0.25, -0.2) is 8.78 Å². The molecule has 0 aromatic heterocycles. The van der Waals surface area contributed by atoms with Gasteiger partial charge in [0.25, 0.3) is 5.91 Å². The molecule has 2 aromatic rings. The second-order valence-corrected chi connectivity index (χ2v) is 9.74. The molecule has 0 aliphatic heterocycles. The smallest absolute Gasteiger partial charge is 0.339 e. The average molecular weight is 679 g/mol. The van der Waals surface area contributed by atoms with Crippen molar-refractivity contribution in [3.8, 4) is 0 Å². The maximum Gasteiger partial charge on any atom is 0.417 e. The van der Waals surface area contributed by atoms with E-state index < -0.39 is 106 Å². The van der Waals surface area contributed by atoms with Crippen LogP contribution in [0.2, 0.25) is 5.02 Å². The summed E-state index contributed by atoms with van der Waals surface area (Å²) in [7, 11) is 0. The minimum Gasteiger partial charge on any atom is -0.339 e. The van der Waals surface area contributed by atoms with E-state index >= 15 is 0 Å². The second-order valence-electron chi connectivity index (χ2n) is 9.36. The molecule has 0 saturated heterocycles. The van der Waals surface area contributed by atoms with Gasteiger partial charge >= 0.3 is 24.7 Å². The lowest BCUT2D eigenvalue weighted by Gasteiger charge is -2.26. The second kappa shape index (κ2) is 12.9. The van der Waals surface area contributed by atoms with Crippen molar-refractivity contribution in [3.05, 3.63) is 75.1 Å². The quantitative estimate of drug-likeness (QED) is 0.209. The Balaban J connectivity index is 2.56. The van der Waals surface area contributed by atoms with Crippen LogP contribution in [0.25, 0.3) is 5.83 Å². The highest BCUT2D eigenvalue weighted by Crippen LogP contribution is 2.43. The zero-order valence-corrected chi connectivity index (χ0v) is 22.3. The highest BCUT2D eigenvalue weighted by atomic mass is 35.5. The first-order valence-corrected chi connectivity index (χ1v) is 11.9. The Bertz CT molecular complexity index is 1410. The van der Waals surface area contributed by atoms with Gasteiger partial charge < -0.3 is 15.4 Å². The number of allylic oxidation sites excluding steroid dienone is 1. The third-order valence-electron chi connectivity index (χ3n) is 5.70. The molecule has 0 aliphatic carbocycles. The Hall–Kier alpha value is -3.41. The van der Waals surface area contributed by atoms with Gasteiger partial charge in [-0.2, -0.15) is 52.7 Å². The van der Waals surface area contributed by atoms with Crippen molar-refractivity contribution in [2.45, 2.75) is 43.1 Å². The van der Waals surface area contributed by atoms with E-state index in [1.807, 2.05) is 0 Å². The van der Waals surface area contributed by atoms with Gasteiger partial charge in [-0.05, 0) is 42.8 Å². The van der Waals surface area contributed by atoms with Gasteiger partial charge in [0, 0.05) is 12.1 Å². The summed E-state index contributed by atoms with van der Waals surface area (Å²) in [5.74, 6) is -9.06. The summed E-state index contributed by atoms with van der Waals surface area (Å²) in [5.41, 5.74) is -10.3. The molecule has 0 bridgehead atoms. The Morgan fingerprint density at radius 3 is 1.93 bits per heavy atom. The van der Waals surface area contributed by atoms with E-state index in [2.05, 4.69) is 0 Å². The van der Waals surface area contributed by atoms with Crippen molar-refractivity contribution in [3.63, 3.8) is 0 Å². The molecule has 2 N–H and O–H groups in total. The monoisotopic (exact) mass is 678 g/mol. The number of alkyl halides is 12. The molecular formula is C25H17ClF14N2O2. The molecule has 2 aromatic carbocycles. The van der Waals surface area contributed by atoms with Crippen LogP contribution in [0.1, 0.15) is 45.5 Å². The van der Waals surface area contributed by atoms with Gasteiger partial charge in [0.05, 0.1) is 28.3 Å². The number of nitrogens with one attached hydrogen (secondary N) is 2. The van der Waals surface area contributed by atoms with Crippen molar-refractivity contribution in [1.82, 2.24) is 10.6 Å².